The SMILES string of the molecule is CCCC(NCC1CCC(C)C1)c1ccccc1. The van der Waals surface area contributed by atoms with Crippen LogP contribution in [0.3, 0.4) is 0 Å². The average Bonchev–Trinajstić information content (AvgIpc) is 2.81. The molecular weight excluding hydrogens is 218 g/mol. The summed E-state index contributed by atoms with van der Waals surface area (Å²) in [4.78, 5) is 0. The predicted octanol–water partition coefficient (Wildman–Crippen LogP) is 4.55. The van der Waals surface area contributed by atoms with Crippen LogP contribution >= 0.6 is 0 Å². The van der Waals surface area contributed by atoms with E-state index in [4.69, 9.17) is 0 Å². The highest BCUT2D eigenvalue weighted by Crippen LogP contribution is 2.30. The molecule has 1 heteroatoms. The van der Waals surface area contributed by atoms with E-state index >= 15 is 0 Å². The summed E-state index contributed by atoms with van der Waals surface area (Å²) in [6, 6.07) is 11.5. The van der Waals surface area contributed by atoms with Gasteiger partial charge in [-0.05, 0) is 43.2 Å². The van der Waals surface area contributed by atoms with Crippen LogP contribution in [0, 0.1) is 11.8 Å². The van der Waals surface area contributed by atoms with E-state index in [0.29, 0.717) is 6.04 Å². The highest BCUT2D eigenvalue weighted by molar-refractivity contribution is 5.18. The van der Waals surface area contributed by atoms with Crippen LogP contribution in [0.1, 0.15) is 57.6 Å². The minimum Gasteiger partial charge on any atom is -0.310 e. The first kappa shape index (κ1) is 13.6. The number of hydrogen-bond donors (Lipinski definition) is 1. The molecule has 18 heavy (non-hydrogen) atoms. The van der Waals surface area contributed by atoms with Gasteiger partial charge in [-0.3, -0.25) is 0 Å². The molecule has 0 aliphatic heterocycles. The van der Waals surface area contributed by atoms with Crippen molar-refractivity contribution in [2.45, 2.75) is 52.0 Å². The van der Waals surface area contributed by atoms with Gasteiger partial charge in [0.2, 0.25) is 0 Å². The maximum Gasteiger partial charge on any atom is 0.0320 e. The summed E-state index contributed by atoms with van der Waals surface area (Å²) in [6.07, 6.45) is 6.75. The first-order chi connectivity index (χ1) is 8.79. The Balaban J connectivity index is 1.87. The molecule has 0 saturated heterocycles. The number of benzene rings is 1. The summed E-state index contributed by atoms with van der Waals surface area (Å²) >= 11 is 0. The molecule has 0 bridgehead atoms. The van der Waals surface area contributed by atoms with Crippen molar-refractivity contribution >= 4 is 0 Å². The Kier molecular flexibility index (Phi) is 5.25. The van der Waals surface area contributed by atoms with Crippen molar-refractivity contribution in [2.75, 3.05) is 6.54 Å². The predicted molar refractivity (Wildman–Crippen MR) is 78.6 cm³/mol. The first-order valence-electron chi connectivity index (χ1n) is 7.58. The van der Waals surface area contributed by atoms with E-state index in [-0.39, 0.29) is 0 Å². The lowest BCUT2D eigenvalue weighted by Gasteiger charge is -2.21. The molecule has 2 rings (SSSR count). The Morgan fingerprint density at radius 1 is 1.22 bits per heavy atom. The third-order valence-corrected chi connectivity index (χ3v) is 4.24. The van der Waals surface area contributed by atoms with Gasteiger partial charge in [0.25, 0.3) is 0 Å². The van der Waals surface area contributed by atoms with Crippen LogP contribution in [-0.2, 0) is 0 Å². The van der Waals surface area contributed by atoms with Crippen LogP contribution in [0.4, 0.5) is 0 Å². The zero-order chi connectivity index (χ0) is 12.8. The molecule has 0 heterocycles. The zero-order valence-corrected chi connectivity index (χ0v) is 11.9. The maximum atomic E-state index is 3.80. The zero-order valence-electron chi connectivity index (χ0n) is 11.9. The third kappa shape index (κ3) is 3.84. The summed E-state index contributed by atoms with van der Waals surface area (Å²) < 4.78 is 0. The Morgan fingerprint density at radius 3 is 2.61 bits per heavy atom. The lowest BCUT2D eigenvalue weighted by Crippen LogP contribution is -2.26. The molecule has 1 fully saturated rings. The largest absolute Gasteiger partial charge is 0.310 e. The fourth-order valence-electron chi connectivity index (χ4n) is 3.18. The molecule has 3 unspecified atom stereocenters. The molecule has 0 spiro atoms. The highest BCUT2D eigenvalue weighted by Gasteiger charge is 2.22. The van der Waals surface area contributed by atoms with Crippen molar-refractivity contribution in [1.29, 1.82) is 0 Å². The van der Waals surface area contributed by atoms with E-state index in [2.05, 4.69) is 49.5 Å². The van der Waals surface area contributed by atoms with Crippen LogP contribution in [-0.4, -0.2) is 6.54 Å². The van der Waals surface area contributed by atoms with Crippen LogP contribution in [0.25, 0.3) is 0 Å². The molecule has 100 valence electrons. The number of hydrogen-bond acceptors (Lipinski definition) is 1. The summed E-state index contributed by atoms with van der Waals surface area (Å²) in [5.41, 5.74) is 1.45. The van der Waals surface area contributed by atoms with E-state index in [0.717, 1.165) is 11.8 Å². The van der Waals surface area contributed by atoms with Gasteiger partial charge in [0, 0.05) is 6.04 Å². The minimum atomic E-state index is 0.548. The van der Waals surface area contributed by atoms with Gasteiger partial charge in [0.15, 0.2) is 0 Å². The van der Waals surface area contributed by atoms with Crippen molar-refractivity contribution in [2.24, 2.45) is 11.8 Å². The van der Waals surface area contributed by atoms with Crippen LogP contribution in [0.2, 0.25) is 0 Å². The van der Waals surface area contributed by atoms with Gasteiger partial charge in [0.05, 0.1) is 0 Å². The van der Waals surface area contributed by atoms with Crippen LogP contribution in [0.15, 0.2) is 30.3 Å². The Bertz CT molecular complexity index is 333. The Morgan fingerprint density at radius 2 is 2.00 bits per heavy atom. The number of nitrogens with one attached hydrogen (secondary N) is 1. The van der Waals surface area contributed by atoms with Gasteiger partial charge >= 0.3 is 0 Å². The molecule has 1 aromatic carbocycles. The number of rotatable bonds is 6. The maximum absolute atomic E-state index is 3.80. The fourth-order valence-corrected chi connectivity index (χ4v) is 3.18. The fraction of sp³-hybridized carbons (Fsp3) is 0.647. The third-order valence-electron chi connectivity index (χ3n) is 4.24. The molecule has 1 aliphatic carbocycles. The van der Waals surface area contributed by atoms with Gasteiger partial charge in [-0.15, -0.1) is 0 Å². The standard InChI is InChI=1S/C17H27N/c1-3-7-17(16-8-5-4-6-9-16)18-13-15-11-10-14(2)12-15/h4-6,8-9,14-15,17-18H,3,7,10-13H2,1-2H3. The van der Waals surface area contributed by atoms with E-state index in [1.807, 2.05) is 0 Å². The van der Waals surface area contributed by atoms with Gasteiger partial charge in [-0.25, -0.2) is 0 Å². The Hall–Kier alpha value is -0.820. The lowest BCUT2D eigenvalue weighted by molar-refractivity contribution is 0.412. The molecule has 1 nitrogen and oxygen atoms in total. The van der Waals surface area contributed by atoms with Crippen molar-refractivity contribution in [3.8, 4) is 0 Å². The molecule has 1 N–H and O–H groups in total. The second-order valence-corrected chi connectivity index (χ2v) is 5.94. The monoisotopic (exact) mass is 245 g/mol. The topological polar surface area (TPSA) is 12.0 Å². The van der Waals surface area contributed by atoms with Gasteiger partial charge in [0.1, 0.15) is 0 Å². The molecular formula is C17H27N. The molecule has 3 atom stereocenters. The normalized spacial score (nSPS) is 25.2. The second kappa shape index (κ2) is 6.94. The lowest BCUT2D eigenvalue weighted by atomic mass is 10.0. The highest BCUT2D eigenvalue weighted by atomic mass is 14.9. The molecule has 0 amide bonds. The summed E-state index contributed by atoms with van der Waals surface area (Å²) in [6.45, 7) is 5.86. The second-order valence-electron chi connectivity index (χ2n) is 5.94. The van der Waals surface area contributed by atoms with Gasteiger partial charge < -0.3 is 5.32 Å². The van der Waals surface area contributed by atoms with Crippen molar-refractivity contribution in [3.63, 3.8) is 0 Å². The van der Waals surface area contributed by atoms with E-state index in [9.17, 15) is 0 Å². The van der Waals surface area contributed by atoms with Crippen LogP contribution < -0.4 is 5.32 Å². The first-order valence-corrected chi connectivity index (χ1v) is 7.58. The summed E-state index contributed by atoms with van der Waals surface area (Å²) in [7, 11) is 0. The molecule has 0 radical (unpaired) electrons. The molecule has 0 aromatic heterocycles. The summed E-state index contributed by atoms with van der Waals surface area (Å²) in [5, 5.41) is 3.80. The van der Waals surface area contributed by atoms with Crippen LogP contribution in [0.5, 0.6) is 0 Å². The van der Waals surface area contributed by atoms with Crippen molar-refractivity contribution in [1.82, 2.24) is 5.32 Å². The summed E-state index contributed by atoms with van der Waals surface area (Å²) in [5.74, 6) is 1.85. The molecule has 1 saturated carbocycles. The van der Waals surface area contributed by atoms with Gasteiger partial charge in [-0.2, -0.15) is 0 Å². The Labute approximate surface area is 112 Å². The van der Waals surface area contributed by atoms with E-state index < -0.39 is 0 Å². The quantitative estimate of drug-likeness (QED) is 0.775. The van der Waals surface area contributed by atoms with Crippen molar-refractivity contribution in [3.05, 3.63) is 35.9 Å². The minimum absolute atomic E-state index is 0.548. The molecule has 1 aliphatic rings. The smallest absolute Gasteiger partial charge is 0.0320 e. The average molecular weight is 245 g/mol. The van der Waals surface area contributed by atoms with Crippen molar-refractivity contribution < 1.29 is 0 Å². The molecule has 1 aromatic rings. The van der Waals surface area contributed by atoms with E-state index in [1.54, 1.807) is 0 Å². The van der Waals surface area contributed by atoms with Gasteiger partial charge in [-0.1, -0.05) is 57.0 Å². The van der Waals surface area contributed by atoms with E-state index in [1.165, 1.54) is 44.2 Å².